The van der Waals surface area contributed by atoms with Crippen LogP contribution in [0.4, 0.5) is 4.79 Å². The number of hydrogen-bond acceptors (Lipinski definition) is 6. The van der Waals surface area contributed by atoms with E-state index < -0.39 is 39.3 Å². The number of nitrogens with one attached hydrogen (secondary N) is 1. The minimum Gasteiger partial charge on any atom is -0.465 e. The molecule has 1 atom stereocenters. The second-order valence-electron chi connectivity index (χ2n) is 6.89. The van der Waals surface area contributed by atoms with Crippen molar-refractivity contribution in [2.75, 3.05) is 18.1 Å². The highest BCUT2D eigenvalue weighted by Gasteiger charge is 2.26. The lowest BCUT2D eigenvalue weighted by Crippen LogP contribution is -2.44. The van der Waals surface area contributed by atoms with Crippen LogP contribution >= 0.6 is 0 Å². The molecule has 1 N–H and O–H groups in total. The molecule has 0 bridgehead atoms. The van der Waals surface area contributed by atoms with Gasteiger partial charge in [-0.15, -0.1) is 0 Å². The first-order valence-corrected chi connectivity index (χ1v) is 10.2. The van der Waals surface area contributed by atoms with Gasteiger partial charge in [0.2, 0.25) is 0 Å². The summed E-state index contributed by atoms with van der Waals surface area (Å²) < 4.78 is 34.5. The van der Waals surface area contributed by atoms with Crippen molar-refractivity contribution < 1.29 is 27.5 Å². The Balaban J connectivity index is 2.86. The van der Waals surface area contributed by atoms with Gasteiger partial charge in [-0.05, 0) is 39.7 Å². The molecule has 0 spiro atoms. The zero-order chi connectivity index (χ0) is 19.8. The minimum absolute atomic E-state index is 0.109. The van der Waals surface area contributed by atoms with Gasteiger partial charge in [0.05, 0.1) is 18.4 Å². The molecule has 146 valence electrons. The molecule has 7 nitrogen and oxygen atoms in total. The van der Waals surface area contributed by atoms with Crippen molar-refractivity contribution in [3.63, 3.8) is 0 Å². The van der Waals surface area contributed by atoms with Crippen LogP contribution in [0, 0.1) is 0 Å². The first-order valence-electron chi connectivity index (χ1n) is 8.40. The van der Waals surface area contributed by atoms with E-state index >= 15 is 0 Å². The molecule has 0 fully saturated rings. The molecule has 0 saturated carbocycles. The standard InChI is InChI=1S/C18H27NO6S/c1-5-24-16(20)13-26(22,23)12-15(11-14-9-7-6-8-10-14)19-17(21)25-18(2,3)4/h6-10,15H,5,11-13H2,1-4H3,(H,19,21)/t15-/m1/s1. The van der Waals surface area contributed by atoms with Crippen molar-refractivity contribution in [3.05, 3.63) is 35.9 Å². The van der Waals surface area contributed by atoms with Gasteiger partial charge in [0, 0.05) is 0 Å². The van der Waals surface area contributed by atoms with Crippen molar-refractivity contribution in [1.29, 1.82) is 0 Å². The van der Waals surface area contributed by atoms with E-state index in [1.165, 1.54) is 0 Å². The van der Waals surface area contributed by atoms with E-state index in [1.54, 1.807) is 27.7 Å². The van der Waals surface area contributed by atoms with Crippen molar-refractivity contribution in [2.24, 2.45) is 0 Å². The van der Waals surface area contributed by atoms with E-state index in [0.29, 0.717) is 6.42 Å². The van der Waals surface area contributed by atoms with Crippen LogP contribution in [0.1, 0.15) is 33.3 Å². The average molecular weight is 385 g/mol. The molecule has 1 rings (SSSR count). The fourth-order valence-electron chi connectivity index (χ4n) is 2.27. The SMILES string of the molecule is CCOC(=O)CS(=O)(=O)C[C@@H](Cc1ccccc1)NC(=O)OC(C)(C)C. The molecule has 0 aliphatic rings. The molecule has 8 heteroatoms. The fraction of sp³-hybridized carbons (Fsp3) is 0.556. The van der Waals surface area contributed by atoms with Gasteiger partial charge in [-0.3, -0.25) is 4.79 Å². The van der Waals surface area contributed by atoms with Crippen LogP contribution < -0.4 is 5.32 Å². The number of ether oxygens (including phenoxy) is 2. The number of carbonyl (C=O) groups excluding carboxylic acids is 2. The number of hydrogen-bond donors (Lipinski definition) is 1. The summed E-state index contributed by atoms with van der Waals surface area (Å²) in [5, 5.41) is 2.59. The highest BCUT2D eigenvalue weighted by molar-refractivity contribution is 7.92. The minimum atomic E-state index is -3.76. The monoisotopic (exact) mass is 385 g/mol. The lowest BCUT2D eigenvalue weighted by molar-refractivity contribution is -0.139. The Hall–Kier alpha value is -2.09. The van der Waals surface area contributed by atoms with Gasteiger partial charge in [0.15, 0.2) is 9.84 Å². The average Bonchev–Trinajstić information content (AvgIpc) is 2.44. The Morgan fingerprint density at radius 1 is 1.15 bits per heavy atom. The van der Waals surface area contributed by atoms with Gasteiger partial charge in [0.25, 0.3) is 0 Å². The molecule has 0 aromatic heterocycles. The van der Waals surface area contributed by atoms with E-state index in [4.69, 9.17) is 9.47 Å². The number of amides is 1. The Morgan fingerprint density at radius 3 is 2.31 bits per heavy atom. The molecule has 0 unspecified atom stereocenters. The largest absolute Gasteiger partial charge is 0.465 e. The van der Waals surface area contributed by atoms with Crippen molar-refractivity contribution in [2.45, 2.75) is 45.8 Å². The quantitative estimate of drug-likeness (QED) is 0.688. The Kier molecular flexibility index (Phi) is 8.08. The second-order valence-corrected chi connectivity index (χ2v) is 9.00. The molecule has 0 heterocycles. The van der Waals surface area contributed by atoms with Gasteiger partial charge in [-0.1, -0.05) is 30.3 Å². The number of esters is 1. The maximum absolute atomic E-state index is 12.3. The van der Waals surface area contributed by atoms with Crippen LogP contribution in [0.3, 0.4) is 0 Å². The van der Waals surface area contributed by atoms with E-state index in [0.717, 1.165) is 5.56 Å². The summed E-state index contributed by atoms with van der Waals surface area (Å²) >= 11 is 0. The lowest BCUT2D eigenvalue weighted by atomic mass is 10.1. The molecule has 1 amide bonds. The molecular weight excluding hydrogens is 358 g/mol. The van der Waals surface area contributed by atoms with Crippen LogP contribution in [0.2, 0.25) is 0 Å². The van der Waals surface area contributed by atoms with Gasteiger partial charge in [-0.25, -0.2) is 13.2 Å². The highest BCUT2D eigenvalue weighted by Crippen LogP contribution is 2.10. The first kappa shape index (κ1) is 22.0. The van der Waals surface area contributed by atoms with Gasteiger partial charge in [-0.2, -0.15) is 0 Å². The zero-order valence-electron chi connectivity index (χ0n) is 15.7. The zero-order valence-corrected chi connectivity index (χ0v) is 16.5. The smallest absolute Gasteiger partial charge is 0.407 e. The Labute approximate surface area is 155 Å². The van der Waals surface area contributed by atoms with Gasteiger partial charge in [0.1, 0.15) is 11.4 Å². The third-order valence-electron chi connectivity index (χ3n) is 3.14. The number of rotatable bonds is 8. The van der Waals surface area contributed by atoms with Crippen molar-refractivity contribution in [1.82, 2.24) is 5.32 Å². The van der Waals surface area contributed by atoms with Crippen LogP contribution in [0.25, 0.3) is 0 Å². The van der Waals surface area contributed by atoms with E-state index in [2.05, 4.69) is 5.32 Å². The predicted molar refractivity (Wildman–Crippen MR) is 98.6 cm³/mol. The lowest BCUT2D eigenvalue weighted by Gasteiger charge is -2.23. The maximum atomic E-state index is 12.3. The van der Waals surface area contributed by atoms with E-state index in [9.17, 15) is 18.0 Å². The third-order valence-corrected chi connectivity index (χ3v) is 4.73. The topological polar surface area (TPSA) is 98.8 Å². The summed E-state index contributed by atoms with van der Waals surface area (Å²) in [6.07, 6.45) is -0.410. The molecule has 0 aliphatic heterocycles. The summed E-state index contributed by atoms with van der Waals surface area (Å²) in [5.74, 6) is -1.91. The van der Waals surface area contributed by atoms with E-state index in [-0.39, 0.29) is 12.4 Å². The molecule has 0 radical (unpaired) electrons. The second kappa shape index (κ2) is 9.56. The summed E-state index contributed by atoms with van der Waals surface area (Å²) in [4.78, 5) is 23.5. The van der Waals surface area contributed by atoms with Crippen molar-refractivity contribution in [3.8, 4) is 0 Å². The third kappa shape index (κ3) is 9.41. The summed E-state index contributed by atoms with van der Waals surface area (Å²) in [7, 11) is -3.76. The fourth-order valence-corrected chi connectivity index (χ4v) is 3.65. The molecular formula is C18H27NO6S. The summed E-state index contributed by atoms with van der Waals surface area (Å²) in [5.41, 5.74) is 0.158. The number of carbonyl (C=O) groups is 2. The molecule has 0 aliphatic carbocycles. The van der Waals surface area contributed by atoms with E-state index in [1.807, 2.05) is 30.3 Å². The number of benzene rings is 1. The molecule has 26 heavy (non-hydrogen) atoms. The van der Waals surface area contributed by atoms with Crippen LogP contribution in [-0.4, -0.2) is 50.2 Å². The molecule has 1 aromatic rings. The van der Waals surface area contributed by atoms with Gasteiger partial charge >= 0.3 is 12.1 Å². The molecule has 1 aromatic carbocycles. The maximum Gasteiger partial charge on any atom is 0.407 e. The Bertz CT molecular complexity index is 694. The van der Waals surface area contributed by atoms with Crippen molar-refractivity contribution >= 4 is 21.9 Å². The van der Waals surface area contributed by atoms with Crippen LogP contribution in [-0.2, 0) is 30.5 Å². The van der Waals surface area contributed by atoms with Crippen LogP contribution in [0.5, 0.6) is 0 Å². The molecule has 0 saturated heterocycles. The highest BCUT2D eigenvalue weighted by atomic mass is 32.2. The number of sulfone groups is 1. The predicted octanol–water partition coefficient (Wildman–Crippen LogP) is 2.10. The van der Waals surface area contributed by atoms with Gasteiger partial charge < -0.3 is 14.8 Å². The summed E-state index contributed by atoms with van der Waals surface area (Å²) in [6.45, 7) is 6.87. The Morgan fingerprint density at radius 2 is 1.77 bits per heavy atom. The number of alkyl carbamates (subject to hydrolysis) is 1. The first-order chi connectivity index (χ1) is 12.0. The summed E-state index contributed by atoms with van der Waals surface area (Å²) in [6, 6.07) is 8.44. The normalized spacial score (nSPS) is 12.9. The van der Waals surface area contributed by atoms with Crippen LogP contribution in [0.15, 0.2) is 30.3 Å².